The van der Waals surface area contributed by atoms with Crippen molar-refractivity contribution in [2.45, 2.75) is 33.2 Å². The van der Waals surface area contributed by atoms with Crippen LogP contribution < -0.4 is 5.32 Å². The minimum Gasteiger partial charge on any atom is -0.291 e. The van der Waals surface area contributed by atoms with Gasteiger partial charge in [-0.1, -0.05) is 26.0 Å². The van der Waals surface area contributed by atoms with Crippen LogP contribution in [0.4, 0.5) is 5.95 Å². The lowest BCUT2D eigenvalue weighted by atomic mass is 10.0. The van der Waals surface area contributed by atoms with Crippen molar-refractivity contribution < 1.29 is 14.4 Å². The van der Waals surface area contributed by atoms with Crippen LogP contribution >= 0.6 is 11.3 Å². The van der Waals surface area contributed by atoms with E-state index in [0.29, 0.717) is 22.5 Å². The van der Waals surface area contributed by atoms with Gasteiger partial charge in [0, 0.05) is 5.38 Å². The van der Waals surface area contributed by atoms with Gasteiger partial charge in [-0.15, -0.1) is 16.4 Å². The Morgan fingerprint density at radius 1 is 1.18 bits per heavy atom. The van der Waals surface area contributed by atoms with Crippen molar-refractivity contribution in [3.8, 4) is 0 Å². The van der Waals surface area contributed by atoms with Crippen molar-refractivity contribution in [1.29, 1.82) is 0 Å². The third-order valence-corrected chi connectivity index (χ3v) is 5.55. The Balaban J connectivity index is 1.63. The average Bonchev–Trinajstić information content (AvgIpc) is 3.28. The van der Waals surface area contributed by atoms with Crippen LogP contribution in [0, 0.1) is 12.8 Å². The lowest BCUT2D eigenvalue weighted by molar-refractivity contribution is -0.120. The summed E-state index contributed by atoms with van der Waals surface area (Å²) in [6, 6.07) is 5.68. The second kappa shape index (κ2) is 6.83. The minimum absolute atomic E-state index is 0.0979. The number of anilines is 1. The SMILES string of the molecule is Cc1csc2nc(NC(=O)C(CC(C)C)N3C(=O)c4ccccc4C3=O)nn12. The Labute approximate surface area is 165 Å². The molecule has 1 N–H and O–H groups in total. The second-order valence-electron chi connectivity index (χ2n) is 7.17. The molecule has 3 heterocycles. The normalized spacial score (nSPS) is 14.8. The van der Waals surface area contributed by atoms with Gasteiger partial charge in [0.2, 0.25) is 10.9 Å². The van der Waals surface area contributed by atoms with Crippen LogP contribution in [-0.4, -0.2) is 43.3 Å². The van der Waals surface area contributed by atoms with E-state index in [4.69, 9.17) is 0 Å². The van der Waals surface area contributed by atoms with Gasteiger partial charge in [-0.05, 0) is 31.4 Å². The molecule has 3 amide bonds. The molecule has 4 rings (SSSR count). The highest BCUT2D eigenvalue weighted by molar-refractivity contribution is 7.15. The van der Waals surface area contributed by atoms with Crippen LogP contribution in [0.1, 0.15) is 46.7 Å². The molecule has 0 aliphatic carbocycles. The molecule has 8 nitrogen and oxygen atoms in total. The number of carbonyl (C=O) groups is 3. The molecular weight excluding hydrogens is 378 g/mol. The number of benzene rings is 1. The van der Waals surface area contributed by atoms with Crippen molar-refractivity contribution in [1.82, 2.24) is 19.5 Å². The van der Waals surface area contributed by atoms with E-state index in [1.54, 1.807) is 28.8 Å². The monoisotopic (exact) mass is 397 g/mol. The highest BCUT2D eigenvalue weighted by Gasteiger charge is 2.43. The van der Waals surface area contributed by atoms with Crippen molar-refractivity contribution in [3.05, 3.63) is 46.5 Å². The van der Waals surface area contributed by atoms with E-state index in [1.807, 2.05) is 26.2 Å². The van der Waals surface area contributed by atoms with E-state index in [1.165, 1.54) is 11.3 Å². The van der Waals surface area contributed by atoms with Crippen molar-refractivity contribution in [2.24, 2.45) is 5.92 Å². The predicted molar refractivity (Wildman–Crippen MR) is 104 cm³/mol. The summed E-state index contributed by atoms with van der Waals surface area (Å²) in [6.07, 6.45) is 0.346. The number of rotatable bonds is 5. The van der Waals surface area contributed by atoms with Crippen LogP contribution in [0.3, 0.4) is 0 Å². The maximum Gasteiger partial charge on any atom is 0.262 e. The van der Waals surface area contributed by atoms with Crippen LogP contribution in [0.2, 0.25) is 0 Å². The number of aromatic nitrogens is 3. The number of carbonyl (C=O) groups excluding carboxylic acids is 3. The first-order valence-corrected chi connectivity index (χ1v) is 9.83. The molecule has 0 spiro atoms. The first-order chi connectivity index (χ1) is 13.4. The van der Waals surface area contributed by atoms with Crippen LogP contribution in [0.15, 0.2) is 29.6 Å². The number of imide groups is 1. The van der Waals surface area contributed by atoms with Gasteiger partial charge < -0.3 is 0 Å². The fourth-order valence-corrected chi connectivity index (χ4v) is 4.10. The van der Waals surface area contributed by atoms with Gasteiger partial charge in [0.25, 0.3) is 17.8 Å². The third kappa shape index (κ3) is 2.97. The van der Waals surface area contributed by atoms with Gasteiger partial charge >= 0.3 is 0 Å². The predicted octanol–water partition coefficient (Wildman–Crippen LogP) is 2.75. The van der Waals surface area contributed by atoms with Crippen LogP contribution in [-0.2, 0) is 4.79 Å². The Hall–Kier alpha value is -3.07. The van der Waals surface area contributed by atoms with E-state index in [-0.39, 0.29) is 11.9 Å². The summed E-state index contributed by atoms with van der Waals surface area (Å²) in [5.41, 5.74) is 1.56. The number of hydrogen-bond donors (Lipinski definition) is 1. The molecule has 144 valence electrons. The van der Waals surface area contributed by atoms with Gasteiger partial charge in [0.15, 0.2) is 0 Å². The number of thiazole rings is 1. The largest absolute Gasteiger partial charge is 0.291 e. The zero-order valence-electron chi connectivity index (χ0n) is 15.7. The zero-order chi connectivity index (χ0) is 20.0. The molecule has 0 fully saturated rings. The van der Waals surface area contributed by atoms with E-state index in [9.17, 15) is 14.4 Å². The number of nitrogens with one attached hydrogen (secondary N) is 1. The Morgan fingerprint density at radius 3 is 2.39 bits per heavy atom. The minimum atomic E-state index is -0.935. The smallest absolute Gasteiger partial charge is 0.262 e. The van der Waals surface area contributed by atoms with Crippen molar-refractivity contribution in [2.75, 3.05) is 5.32 Å². The molecule has 0 bridgehead atoms. The summed E-state index contributed by atoms with van der Waals surface area (Å²) < 4.78 is 1.64. The van der Waals surface area contributed by atoms with Crippen molar-refractivity contribution in [3.63, 3.8) is 0 Å². The quantitative estimate of drug-likeness (QED) is 0.668. The lowest BCUT2D eigenvalue weighted by Gasteiger charge is -2.26. The second-order valence-corrected chi connectivity index (χ2v) is 8.00. The summed E-state index contributed by atoms with van der Waals surface area (Å²) in [6.45, 7) is 5.77. The number of amides is 3. The summed E-state index contributed by atoms with van der Waals surface area (Å²) in [5, 5.41) is 8.87. The number of nitrogens with zero attached hydrogens (tertiary/aromatic N) is 4. The lowest BCUT2D eigenvalue weighted by Crippen LogP contribution is -2.48. The maximum absolute atomic E-state index is 13.0. The highest BCUT2D eigenvalue weighted by Crippen LogP contribution is 2.27. The van der Waals surface area contributed by atoms with E-state index in [0.717, 1.165) is 10.6 Å². The molecule has 1 aromatic carbocycles. The molecule has 0 saturated heterocycles. The maximum atomic E-state index is 13.0. The van der Waals surface area contributed by atoms with E-state index in [2.05, 4.69) is 15.4 Å². The Kier molecular flexibility index (Phi) is 4.46. The molecule has 1 aliphatic heterocycles. The molecule has 9 heteroatoms. The summed E-state index contributed by atoms with van der Waals surface area (Å²) in [4.78, 5) is 44.7. The van der Waals surface area contributed by atoms with E-state index >= 15 is 0 Å². The molecular formula is C19H19N5O3S. The first-order valence-electron chi connectivity index (χ1n) is 8.95. The molecule has 3 aromatic rings. The molecule has 1 aliphatic rings. The zero-order valence-corrected chi connectivity index (χ0v) is 16.5. The third-order valence-electron chi connectivity index (χ3n) is 4.62. The fourth-order valence-electron chi connectivity index (χ4n) is 3.31. The van der Waals surface area contributed by atoms with Crippen molar-refractivity contribution >= 4 is 40.0 Å². The van der Waals surface area contributed by atoms with Crippen LogP contribution in [0.5, 0.6) is 0 Å². The highest BCUT2D eigenvalue weighted by atomic mass is 32.1. The first kappa shape index (κ1) is 18.3. The van der Waals surface area contributed by atoms with Gasteiger partial charge in [-0.3, -0.25) is 24.6 Å². The Morgan fingerprint density at radius 2 is 1.82 bits per heavy atom. The van der Waals surface area contributed by atoms with Gasteiger partial charge in [-0.25, -0.2) is 4.52 Å². The molecule has 2 aromatic heterocycles. The Bertz CT molecular complexity index is 1070. The fraction of sp³-hybridized carbons (Fsp3) is 0.316. The topological polar surface area (TPSA) is 96.7 Å². The van der Waals surface area contributed by atoms with Gasteiger partial charge in [0.05, 0.1) is 16.8 Å². The summed E-state index contributed by atoms with van der Waals surface area (Å²) >= 11 is 1.42. The van der Waals surface area contributed by atoms with Gasteiger partial charge in [0.1, 0.15) is 6.04 Å². The van der Waals surface area contributed by atoms with E-state index < -0.39 is 23.8 Å². The summed E-state index contributed by atoms with van der Waals surface area (Å²) in [7, 11) is 0. The standard InChI is InChI=1S/C19H19N5O3S/c1-10(2)8-14(23-16(26)12-6-4-5-7-13(12)17(23)27)15(25)20-18-21-19-24(22-18)11(3)9-28-19/h4-7,9-10,14H,8H2,1-3H3,(H,20,22,25). The molecule has 0 saturated carbocycles. The number of fused-ring (bicyclic) bond motifs is 2. The van der Waals surface area contributed by atoms with Gasteiger partial charge in [-0.2, -0.15) is 4.98 Å². The number of hydrogen-bond acceptors (Lipinski definition) is 6. The summed E-state index contributed by atoms with van der Waals surface area (Å²) in [5.74, 6) is -1.11. The average molecular weight is 397 g/mol. The number of aryl methyl sites for hydroxylation is 1. The molecule has 28 heavy (non-hydrogen) atoms. The molecule has 1 atom stereocenters. The molecule has 0 radical (unpaired) electrons. The van der Waals surface area contributed by atoms with Crippen LogP contribution in [0.25, 0.3) is 4.96 Å². The molecule has 1 unspecified atom stereocenters.